The minimum absolute atomic E-state index is 0.828. The summed E-state index contributed by atoms with van der Waals surface area (Å²) in [6, 6.07) is 0. The lowest BCUT2D eigenvalue weighted by Gasteiger charge is -2.32. The molecule has 0 aromatic carbocycles. The summed E-state index contributed by atoms with van der Waals surface area (Å²) in [5, 5.41) is 3.53. The third kappa shape index (κ3) is 4.98. The summed E-state index contributed by atoms with van der Waals surface area (Å²) in [7, 11) is 0. The number of nitrogens with two attached hydrogens (primary N) is 1. The maximum absolute atomic E-state index is 5.62. The third-order valence-electron chi connectivity index (χ3n) is 3.55. The highest BCUT2D eigenvalue weighted by Gasteiger charge is 2.23. The van der Waals surface area contributed by atoms with Crippen LogP contribution in [0.4, 0.5) is 0 Å². The van der Waals surface area contributed by atoms with Crippen LogP contribution in [-0.4, -0.2) is 19.6 Å². The molecule has 2 atom stereocenters. The molecule has 0 aromatic heterocycles. The molecule has 0 bridgehead atoms. The van der Waals surface area contributed by atoms with Crippen molar-refractivity contribution >= 4 is 0 Å². The second-order valence-electron chi connectivity index (χ2n) is 5.43. The van der Waals surface area contributed by atoms with Gasteiger partial charge in [0.25, 0.3) is 0 Å². The van der Waals surface area contributed by atoms with Crippen LogP contribution < -0.4 is 11.1 Å². The van der Waals surface area contributed by atoms with Gasteiger partial charge in [0.05, 0.1) is 0 Å². The van der Waals surface area contributed by atoms with E-state index in [1.165, 1.54) is 45.2 Å². The molecule has 0 saturated carbocycles. The first kappa shape index (κ1) is 13.0. The Morgan fingerprint density at radius 1 is 1.40 bits per heavy atom. The first-order chi connectivity index (χ1) is 7.24. The van der Waals surface area contributed by atoms with Crippen LogP contribution in [-0.2, 0) is 0 Å². The van der Waals surface area contributed by atoms with E-state index < -0.39 is 0 Å². The molecular formula is C13H28N2. The molecule has 15 heavy (non-hydrogen) atoms. The maximum atomic E-state index is 5.62. The van der Waals surface area contributed by atoms with Crippen LogP contribution in [0.2, 0.25) is 0 Å². The molecule has 1 aliphatic heterocycles. The molecule has 1 rings (SSSR count). The molecule has 1 fully saturated rings. The average molecular weight is 212 g/mol. The van der Waals surface area contributed by atoms with Crippen LogP contribution in [0.3, 0.4) is 0 Å². The van der Waals surface area contributed by atoms with E-state index in [4.69, 9.17) is 5.73 Å². The van der Waals surface area contributed by atoms with Crippen LogP contribution in [0.15, 0.2) is 0 Å². The normalized spacial score (nSPS) is 24.4. The van der Waals surface area contributed by atoms with E-state index >= 15 is 0 Å². The minimum atomic E-state index is 0.828. The fourth-order valence-corrected chi connectivity index (χ4v) is 2.81. The van der Waals surface area contributed by atoms with Gasteiger partial charge in [-0.15, -0.1) is 0 Å². The second kappa shape index (κ2) is 7.24. The van der Waals surface area contributed by atoms with Gasteiger partial charge in [0.1, 0.15) is 0 Å². The Morgan fingerprint density at radius 2 is 2.20 bits per heavy atom. The van der Waals surface area contributed by atoms with Gasteiger partial charge in [-0.05, 0) is 69.5 Å². The van der Waals surface area contributed by atoms with Gasteiger partial charge in [-0.2, -0.15) is 0 Å². The molecule has 2 heteroatoms. The van der Waals surface area contributed by atoms with Crippen molar-refractivity contribution in [3.05, 3.63) is 0 Å². The maximum Gasteiger partial charge on any atom is -0.00179 e. The molecule has 1 aliphatic rings. The standard InChI is InChI=1S/C13H28N2/c1-11(2)9-12(5-3-7-14)13-6-4-8-15-10-13/h11-13,15H,3-10,14H2,1-2H3. The molecule has 90 valence electrons. The predicted octanol–water partition coefficient (Wildman–Crippen LogP) is 2.39. The first-order valence-corrected chi connectivity index (χ1v) is 6.64. The van der Waals surface area contributed by atoms with Crippen LogP contribution in [0.1, 0.15) is 46.0 Å². The SMILES string of the molecule is CC(C)CC(CCCN)C1CCCNC1. The fourth-order valence-electron chi connectivity index (χ4n) is 2.81. The lowest BCUT2D eigenvalue weighted by molar-refractivity contribution is 0.217. The molecule has 0 amide bonds. The van der Waals surface area contributed by atoms with E-state index in [1.807, 2.05) is 0 Å². The Labute approximate surface area is 95.0 Å². The highest BCUT2D eigenvalue weighted by Crippen LogP contribution is 2.29. The van der Waals surface area contributed by atoms with Gasteiger partial charge in [0, 0.05) is 0 Å². The van der Waals surface area contributed by atoms with E-state index in [1.54, 1.807) is 0 Å². The van der Waals surface area contributed by atoms with E-state index in [2.05, 4.69) is 19.2 Å². The molecule has 0 spiro atoms. The molecule has 0 aliphatic carbocycles. The van der Waals surface area contributed by atoms with Gasteiger partial charge in [-0.1, -0.05) is 13.8 Å². The van der Waals surface area contributed by atoms with E-state index in [0.29, 0.717) is 0 Å². The molecule has 2 nitrogen and oxygen atoms in total. The van der Waals surface area contributed by atoms with Crippen molar-refractivity contribution in [1.29, 1.82) is 0 Å². The number of piperidine rings is 1. The van der Waals surface area contributed by atoms with E-state index in [9.17, 15) is 0 Å². The zero-order valence-electron chi connectivity index (χ0n) is 10.5. The average Bonchev–Trinajstić information content (AvgIpc) is 2.25. The van der Waals surface area contributed by atoms with Gasteiger partial charge >= 0.3 is 0 Å². The summed E-state index contributed by atoms with van der Waals surface area (Å²) in [5.74, 6) is 2.64. The van der Waals surface area contributed by atoms with Crippen molar-refractivity contribution in [2.45, 2.75) is 46.0 Å². The van der Waals surface area contributed by atoms with Crippen molar-refractivity contribution in [3.8, 4) is 0 Å². The molecular weight excluding hydrogens is 184 g/mol. The Morgan fingerprint density at radius 3 is 2.73 bits per heavy atom. The zero-order chi connectivity index (χ0) is 11.1. The quantitative estimate of drug-likeness (QED) is 0.709. The molecule has 1 heterocycles. The monoisotopic (exact) mass is 212 g/mol. The lowest BCUT2D eigenvalue weighted by atomic mass is 9.79. The zero-order valence-corrected chi connectivity index (χ0v) is 10.5. The third-order valence-corrected chi connectivity index (χ3v) is 3.55. The van der Waals surface area contributed by atoms with Gasteiger partial charge in [0.15, 0.2) is 0 Å². The van der Waals surface area contributed by atoms with Crippen molar-refractivity contribution in [3.63, 3.8) is 0 Å². The molecule has 3 N–H and O–H groups in total. The van der Waals surface area contributed by atoms with Crippen molar-refractivity contribution < 1.29 is 0 Å². The Kier molecular flexibility index (Phi) is 6.26. The largest absolute Gasteiger partial charge is 0.330 e. The second-order valence-corrected chi connectivity index (χ2v) is 5.43. The van der Waals surface area contributed by atoms with Crippen LogP contribution in [0, 0.1) is 17.8 Å². The lowest BCUT2D eigenvalue weighted by Crippen LogP contribution is -2.34. The van der Waals surface area contributed by atoms with E-state index in [-0.39, 0.29) is 0 Å². The molecule has 2 unspecified atom stereocenters. The summed E-state index contributed by atoms with van der Waals surface area (Å²) in [6.07, 6.45) is 6.71. The van der Waals surface area contributed by atoms with Crippen molar-refractivity contribution in [1.82, 2.24) is 5.32 Å². The minimum Gasteiger partial charge on any atom is -0.330 e. The Balaban J connectivity index is 2.37. The Hall–Kier alpha value is -0.0800. The summed E-state index contributed by atoms with van der Waals surface area (Å²) in [4.78, 5) is 0. The summed E-state index contributed by atoms with van der Waals surface area (Å²) in [5.41, 5.74) is 5.62. The molecule has 0 radical (unpaired) electrons. The number of hydrogen-bond acceptors (Lipinski definition) is 2. The van der Waals surface area contributed by atoms with Crippen LogP contribution in [0.5, 0.6) is 0 Å². The van der Waals surface area contributed by atoms with Crippen molar-refractivity contribution in [2.24, 2.45) is 23.5 Å². The van der Waals surface area contributed by atoms with Gasteiger partial charge in [-0.3, -0.25) is 0 Å². The fraction of sp³-hybridized carbons (Fsp3) is 1.00. The first-order valence-electron chi connectivity index (χ1n) is 6.64. The summed E-state index contributed by atoms with van der Waals surface area (Å²) in [6.45, 7) is 8.00. The molecule has 0 aromatic rings. The van der Waals surface area contributed by atoms with Gasteiger partial charge < -0.3 is 11.1 Å². The highest BCUT2D eigenvalue weighted by atomic mass is 14.9. The van der Waals surface area contributed by atoms with Gasteiger partial charge in [0.2, 0.25) is 0 Å². The topological polar surface area (TPSA) is 38.0 Å². The Bertz CT molecular complexity index is 151. The molecule has 1 saturated heterocycles. The number of hydrogen-bond donors (Lipinski definition) is 2. The highest BCUT2D eigenvalue weighted by molar-refractivity contribution is 4.77. The van der Waals surface area contributed by atoms with Crippen LogP contribution >= 0.6 is 0 Å². The number of rotatable bonds is 6. The van der Waals surface area contributed by atoms with Crippen molar-refractivity contribution in [2.75, 3.05) is 19.6 Å². The van der Waals surface area contributed by atoms with Gasteiger partial charge in [-0.25, -0.2) is 0 Å². The number of nitrogens with one attached hydrogen (secondary N) is 1. The van der Waals surface area contributed by atoms with Crippen LogP contribution in [0.25, 0.3) is 0 Å². The summed E-state index contributed by atoms with van der Waals surface area (Å²) >= 11 is 0. The summed E-state index contributed by atoms with van der Waals surface area (Å²) < 4.78 is 0. The van der Waals surface area contributed by atoms with E-state index in [0.717, 1.165) is 24.3 Å². The smallest absolute Gasteiger partial charge is 0.00179 e. The predicted molar refractivity (Wildman–Crippen MR) is 66.8 cm³/mol.